The van der Waals surface area contributed by atoms with Gasteiger partial charge in [-0.05, 0) is 37.3 Å². The van der Waals surface area contributed by atoms with Crippen LogP contribution in [0.15, 0.2) is 30.3 Å². The SMILES string of the molecule is CNc1n[c]c(-c2ccccc2)c(C)c1N1CCCCC1. The molecule has 0 bridgehead atoms. The Kier molecular flexibility index (Phi) is 4.09. The number of benzene rings is 1. The van der Waals surface area contributed by atoms with Crippen LogP contribution in [-0.4, -0.2) is 25.1 Å². The number of anilines is 2. The van der Waals surface area contributed by atoms with Crippen molar-refractivity contribution in [3.05, 3.63) is 42.1 Å². The summed E-state index contributed by atoms with van der Waals surface area (Å²) in [4.78, 5) is 7.00. The molecule has 21 heavy (non-hydrogen) atoms. The smallest absolute Gasteiger partial charge is 0.150 e. The lowest BCUT2D eigenvalue weighted by atomic mass is 10.00. The minimum absolute atomic E-state index is 0.939. The second kappa shape index (κ2) is 6.17. The van der Waals surface area contributed by atoms with E-state index in [1.54, 1.807) is 0 Å². The maximum absolute atomic E-state index is 4.53. The van der Waals surface area contributed by atoms with Crippen LogP contribution in [0.2, 0.25) is 0 Å². The first-order valence-electron chi connectivity index (χ1n) is 7.71. The monoisotopic (exact) mass is 280 g/mol. The van der Waals surface area contributed by atoms with Crippen molar-refractivity contribution in [1.82, 2.24) is 4.98 Å². The summed E-state index contributed by atoms with van der Waals surface area (Å²) in [7, 11) is 1.94. The van der Waals surface area contributed by atoms with E-state index in [2.05, 4.69) is 52.6 Å². The minimum Gasteiger partial charge on any atom is -0.371 e. The molecular weight excluding hydrogens is 258 g/mol. The molecule has 1 aromatic heterocycles. The molecule has 2 heterocycles. The lowest BCUT2D eigenvalue weighted by Gasteiger charge is -2.32. The van der Waals surface area contributed by atoms with E-state index in [-0.39, 0.29) is 0 Å². The predicted molar refractivity (Wildman–Crippen MR) is 88.9 cm³/mol. The summed E-state index contributed by atoms with van der Waals surface area (Å²) in [6.45, 7) is 4.43. The Hall–Kier alpha value is -2.03. The van der Waals surface area contributed by atoms with E-state index in [4.69, 9.17) is 0 Å². The lowest BCUT2D eigenvalue weighted by molar-refractivity contribution is 0.577. The molecule has 1 N–H and O–H groups in total. The molecule has 3 nitrogen and oxygen atoms in total. The van der Waals surface area contributed by atoms with Crippen LogP contribution in [0.3, 0.4) is 0 Å². The predicted octanol–water partition coefficient (Wildman–Crippen LogP) is 3.89. The highest BCUT2D eigenvalue weighted by atomic mass is 15.2. The molecule has 1 saturated heterocycles. The highest BCUT2D eigenvalue weighted by Gasteiger charge is 2.20. The molecule has 3 heteroatoms. The average Bonchev–Trinajstić information content (AvgIpc) is 2.56. The zero-order valence-electron chi connectivity index (χ0n) is 12.8. The summed E-state index contributed by atoms with van der Waals surface area (Å²) in [5, 5.41) is 3.23. The van der Waals surface area contributed by atoms with Gasteiger partial charge in [-0.3, -0.25) is 0 Å². The van der Waals surface area contributed by atoms with Crippen LogP contribution in [0.1, 0.15) is 24.8 Å². The van der Waals surface area contributed by atoms with Crippen LogP contribution < -0.4 is 10.2 Å². The molecule has 1 aliphatic rings. The number of piperidine rings is 1. The normalized spacial score (nSPS) is 15.0. The fraction of sp³-hybridized carbons (Fsp3) is 0.389. The molecule has 3 rings (SSSR count). The molecule has 0 saturated carbocycles. The summed E-state index contributed by atoms with van der Waals surface area (Å²) in [5.41, 5.74) is 4.80. The topological polar surface area (TPSA) is 28.2 Å². The van der Waals surface area contributed by atoms with Gasteiger partial charge in [0.05, 0.1) is 5.69 Å². The van der Waals surface area contributed by atoms with Gasteiger partial charge in [-0.25, -0.2) is 4.98 Å². The molecule has 0 aliphatic carbocycles. The van der Waals surface area contributed by atoms with Gasteiger partial charge in [-0.2, -0.15) is 0 Å². The van der Waals surface area contributed by atoms with Crippen molar-refractivity contribution in [1.29, 1.82) is 0 Å². The Balaban J connectivity index is 2.08. The highest BCUT2D eigenvalue weighted by Crippen LogP contribution is 2.35. The molecule has 0 atom stereocenters. The number of nitrogens with one attached hydrogen (secondary N) is 1. The largest absolute Gasteiger partial charge is 0.371 e. The molecule has 0 unspecified atom stereocenters. The van der Waals surface area contributed by atoms with Crippen LogP contribution >= 0.6 is 0 Å². The summed E-state index contributed by atoms with van der Waals surface area (Å²) in [6, 6.07) is 10.4. The fourth-order valence-electron chi connectivity index (χ4n) is 3.11. The Labute approximate surface area is 127 Å². The van der Waals surface area contributed by atoms with Crippen LogP contribution in [0.5, 0.6) is 0 Å². The Morgan fingerprint density at radius 1 is 1.10 bits per heavy atom. The number of hydrogen-bond acceptors (Lipinski definition) is 3. The van der Waals surface area contributed by atoms with Gasteiger partial charge in [0.1, 0.15) is 12.0 Å². The van der Waals surface area contributed by atoms with Crippen molar-refractivity contribution in [2.45, 2.75) is 26.2 Å². The van der Waals surface area contributed by atoms with E-state index < -0.39 is 0 Å². The third-order valence-electron chi connectivity index (χ3n) is 4.21. The molecule has 0 spiro atoms. The van der Waals surface area contributed by atoms with Gasteiger partial charge < -0.3 is 10.2 Å². The van der Waals surface area contributed by atoms with Gasteiger partial charge in [0.2, 0.25) is 0 Å². The maximum Gasteiger partial charge on any atom is 0.150 e. The van der Waals surface area contributed by atoms with Gasteiger partial charge in [-0.15, -0.1) is 0 Å². The van der Waals surface area contributed by atoms with E-state index in [9.17, 15) is 0 Å². The molecule has 1 fully saturated rings. The van der Waals surface area contributed by atoms with E-state index in [0.717, 1.165) is 24.5 Å². The Bertz CT molecular complexity index is 601. The van der Waals surface area contributed by atoms with Crippen molar-refractivity contribution in [2.24, 2.45) is 0 Å². The average molecular weight is 280 g/mol. The first-order valence-corrected chi connectivity index (χ1v) is 7.71. The van der Waals surface area contributed by atoms with Gasteiger partial charge in [0, 0.05) is 25.7 Å². The van der Waals surface area contributed by atoms with Gasteiger partial charge in [0.15, 0.2) is 0 Å². The first-order chi connectivity index (χ1) is 10.3. The summed E-state index contributed by atoms with van der Waals surface area (Å²) < 4.78 is 0. The Morgan fingerprint density at radius 3 is 2.48 bits per heavy atom. The van der Waals surface area contributed by atoms with Crippen molar-refractivity contribution in [2.75, 3.05) is 30.4 Å². The summed E-state index contributed by atoms with van der Waals surface area (Å²) in [6.07, 6.45) is 7.08. The van der Waals surface area contributed by atoms with Crippen molar-refractivity contribution >= 4 is 11.5 Å². The third-order valence-corrected chi connectivity index (χ3v) is 4.21. The van der Waals surface area contributed by atoms with Crippen LogP contribution in [0, 0.1) is 13.1 Å². The zero-order chi connectivity index (χ0) is 14.7. The molecule has 1 aromatic carbocycles. The van der Waals surface area contributed by atoms with E-state index in [1.807, 2.05) is 13.1 Å². The maximum atomic E-state index is 4.53. The van der Waals surface area contributed by atoms with Crippen LogP contribution in [0.25, 0.3) is 11.1 Å². The fourth-order valence-corrected chi connectivity index (χ4v) is 3.11. The lowest BCUT2D eigenvalue weighted by Crippen LogP contribution is -2.31. The van der Waals surface area contributed by atoms with E-state index >= 15 is 0 Å². The quantitative estimate of drug-likeness (QED) is 0.924. The molecule has 2 aromatic rings. The zero-order valence-corrected chi connectivity index (χ0v) is 12.8. The first kappa shape index (κ1) is 13.9. The molecule has 1 aliphatic heterocycles. The molecular formula is C18H22N3. The number of rotatable bonds is 3. The second-order valence-electron chi connectivity index (χ2n) is 5.58. The molecule has 1 radical (unpaired) electrons. The van der Waals surface area contributed by atoms with E-state index in [1.165, 1.54) is 36.1 Å². The van der Waals surface area contributed by atoms with Gasteiger partial charge in [0.25, 0.3) is 0 Å². The Morgan fingerprint density at radius 2 is 1.81 bits per heavy atom. The third kappa shape index (κ3) is 2.73. The van der Waals surface area contributed by atoms with Gasteiger partial charge >= 0.3 is 0 Å². The minimum atomic E-state index is 0.939. The number of aromatic nitrogens is 1. The van der Waals surface area contributed by atoms with E-state index in [0.29, 0.717) is 0 Å². The van der Waals surface area contributed by atoms with Gasteiger partial charge in [-0.1, -0.05) is 30.3 Å². The number of pyridine rings is 1. The number of nitrogens with zero attached hydrogens (tertiary/aromatic N) is 2. The molecule has 109 valence electrons. The standard InChI is InChI=1S/C18H22N3/c1-14-16(15-9-5-3-6-10-15)13-20-18(19-2)17(14)21-11-7-4-8-12-21/h3,5-6,9-10H,4,7-8,11-12H2,1-2H3,(H,19,20). The van der Waals surface area contributed by atoms with Crippen molar-refractivity contribution < 1.29 is 0 Å². The summed E-state index contributed by atoms with van der Waals surface area (Å²) >= 11 is 0. The highest BCUT2D eigenvalue weighted by molar-refractivity contribution is 5.79. The molecule has 0 amide bonds. The van der Waals surface area contributed by atoms with Crippen molar-refractivity contribution in [3.63, 3.8) is 0 Å². The van der Waals surface area contributed by atoms with Crippen LogP contribution in [-0.2, 0) is 0 Å². The summed E-state index contributed by atoms with van der Waals surface area (Å²) in [5.74, 6) is 0.939. The van der Waals surface area contributed by atoms with Crippen LogP contribution in [0.4, 0.5) is 11.5 Å². The second-order valence-corrected chi connectivity index (χ2v) is 5.58. The van der Waals surface area contributed by atoms with Crippen molar-refractivity contribution in [3.8, 4) is 11.1 Å². The number of hydrogen-bond donors (Lipinski definition) is 1.